The third-order valence-electron chi connectivity index (χ3n) is 2.88. The molecule has 2 aromatic rings. The molecule has 100 valence electrons. The van der Waals surface area contributed by atoms with Gasteiger partial charge in [0.15, 0.2) is 0 Å². The molecule has 0 bridgehead atoms. The van der Waals surface area contributed by atoms with E-state index in [1.54, 1.807) is 6.20 Å². The van der Waals surface area contributed by atoms with Crippen molar-refractivity contribution < 1.29 is 9.90 Å². The van der Waals surface area contributed by atoms with E-state index in [4.69, 9.17) is 10.8 Å². The third kappa shape index (κ3) is 3.02. The Labute approximate surface area is 119 Å². The molecule has 0 amide bonds. The molecular formula is C13H14BrN3O2. The lowest BCUT2D eigenvalue weighted by Gasteiger charge is -2.13. The lowest BCUT2D eigenvalue weighted by molar-refractivity contribution is -0.137. The minimum Gasteiger partial charge on any atom is -0.481 e. The van der Waals surface area contributed by atoms with Gasteiger partial charge in [-0.1, -0.05) is 6.07 Å². The molecule has 6 heteroatoms. The fraction of sp³-hybridized carbons (Fsp3) is 0.231. The second-order valence-electron chi connectivity index (χ2n) is 4.26. The summed E-state index contributed by atoms with van der Waals surface area (Å²) in [5, 5.41) is 8.75. The Bertz CT molecular complexity index is 610. The molecule has 19 heavy (non-hydrogen) atoms. The summed E-state index contributed by atoms with van der Waals surface area (Å²) in [6.07, 6.45) is 3.51. The van der Waals surface area contributed by atoms with E-state index in [1.807, 2.05) is 35.9 Å². The van der Waals surface area contributed by atoms with Gasteiger partial charge < -0.3 is 15.4 Å². The first kappa shape index (κ1) is 13.8. The predicted octanol–water partition coefficient (Wildman–Crippen LogP) is 2.42. The van der Waals surface area contributed by atoms with Crippen LogP contribution in [0, 0.1) is 6.92 Å². The van der Waals surface area contributed by atoms with Crippen LogP contribution in [0.5, 0.6) is 0 Å². The van der Waals surface area contributed by atoms with Crippen molar-refractivity contribution in [3.8, 4) is 5.69 Å². The van der Waals surface area contributed by atoms with Crippen molar-refractivity contribution in [1.29, 1.82) is 0 Å². The smallest absolute Gasteiger partial charge is 0.305 e. The molecule has 2 rings (SSSR count). The van der Waals surface area contributed by atoms with Crippen LogP contribution in [0.3, 0.4) is 0 Å². The molecular weight excluding hydrogens is 310 g/mol. The minimum atomic E-state index is -0.904. The molecule has 0 spiro atoms. The van der Waals surface area contributed by atoms with Crippen LogP contribution in [-0.4, -0.2) is 20.6 Å². The normalized spacial score (nSPS) is 12.4. The molecule has 1 aromatic heterocycles. The van der Waals surface area contributed by atoms with Crippen LogP contribution in [0.15, 0.2) is 35.1 Å². The van der Waals surface area contributed by atoms with Crippen molar-refractivity contribution in [3.63, 3.8) is 0 Å². The highest BCUT2D eigenvalue weighted by atomic mass is 79.9. The van der Waals surface area contributed by atoms with E-state index in [1.165, 1.54) is 0 Å². The Morgan fingerprint density at radius 2 is 2.32 bits per heavy atom. The molecule has 1 unspecified atom stereocenters. The van der Waals surface area contributed by atoms with Crippen LogP contribution in [0.1, 0.15) is 23.9 Å². The zero-order chi connectivity index (χ0) is 14.0. The Morgan fingerprint density at radius 1 is 1.58 bits per heavy atom. The maximum Gasteiger partial charge on any atom is 0.305 e. The van der Waals surface area contributed by atoms with Crippen LogP contribution < -0.4 is 5.73 Å². The largest absolute Gasteiger partial charge is 0.481 e. The number of rotatable bonds is 4. The summed E-state index contributed by atoms with van der Waals surface area (Å²) in [4.78, 5) is 14.8. The number of nitrogens with zero attached hydrogens (tertiary/aromatic N) is 2. The van der Waals surface area contributed by atoms with Gasteiger partial charge in [0.05, 0.1) is 12.1 Å². The van der Waals surface area contributed by atoms with Crippen LogP contribution in [0.4, 0.5) is 0 Å². The summed E-state index contributed by atoms with van der Waals surface area (Å²) in [7, 11) is 0. The zero-order valence-corrected chi connectivity index (χ0v) is 12.0. The minimum absolute atomic E-state index is 0.0874. The van der Waals surface area contributed by atoms with Crippen molar-refractivity contribution in [2.75, 3.05) is 0 Å². The molecule has 0 aliphatic carbocycles. The predicted molar refractivity (Wildman–Crippen MR) is 75.2 cm³/mol. The van der Waals surface area contributed by atoms with E-state index >= 15 is 0 Å². The number of halogens is 1. The second-order valence-corrected chi connectivity index (χ2v) is 5.11. The first-order valence-corrected chi connectivity index (χ1v) is 6.55. The van der Waals surface area contributed by atoms with Crippen LogP contribution >= 0.6 is 15.9 Å². The van der Waals surface area contributed by atoms with Gasteiger partial charge in [0, 0.05) is 22.9 Å². The van der Waals surface area contributed by atoms with E-state index in [0.29, 0.717) is 0 Å². The second kappa shape index (κ2) is 5.54. The molecule has 1 atom stereocenters. The summed E-state index contributed by atoms with van der Waals surface area (Å²) in [5.74, 6) is -0.0264. The first-order chi connectivity index (χ1) is 8.99. The number of hydrogen-bond acceptors (Lipinski definition) is 3. The average molecular weight is 324 g/mol. The SMILES string of the molecule is Cc1nccn1-c1ccc(C(N)CC(=O)O)cc1Br. The highest BCUT2D eigenvalue weighted by Gasteiger charge is 2.13. The van der Waals surface area contributed by atoms with Gasteiger partial charge in [0.1, 0.15) is 5.82 Å². The Morgan fingerprint density at radius 3 is 2.84 bits per heavy atom. The standard InChI is InChI=1S/C13H14BrN3O2/c1-8-16-4-5-17(8)12-3-2-9(6-10(12)14)11(15)7-13(18)19/h2-6,11H,7,15H2,1H3,(H,18,19). The fourth-order valence-electron chi connectivity index (χ4n) is 1.89. The maximum atomic E-state index is 10.7. The molecule has 1 heterocycles. The van der Waals surface area contributed by atoms with Gasteiger partial charge in [0.25, 0.3) is 0 Å². The molecule has 0 saturated heterocycles. The summed E-state index contributed by atoms with van der Waals surface area (Å²) in [6, 6.07) is 5.08. The van der Waals surface area contributed by atoms with Crippen LogP contribution in [0.25, 0.3) is 5.69 Å². The molecule has 0 fully saturated rings. The van der Waals surface area contributed by atoms with Gasteiger partial charge in [-0.2, -0.15) is 0 Å². The number of aryl methyl sites for hydroxylation is 1. The number of benzene rings is 1. The van der Waals surface area contributed by atoms with Gasteiger partial charge >= 0.3 is 5.97 Å². The van der Waals surface area contributed by atoms with Gasteiger partial charge in [0.2, 0.25) is 0 Å². The maximum absolute atomic E-state index is 10.7. The van der Waals surface area contributed by atoms with Crippen molar-refractivity contribution >= 4 is 21.9 Å². The van der Waals surface area contributed by atoms with E-state index in [-0.39, 0.29) is 6.42 Å². The highest BCUT2D eigenvalue weighted by molar-refractivity contribution is 9.10. The van der Waals surface area contributed by atoms with Gasteiger partial charge in [-0.25, -0.2) is 4.98 Å². The fourth-order valence-corrected chi connectivity index (χ4v) is 2.48. The molecule has 0 saturated carbocycles. The zero-order valence-electron chi connectivity index (χ0n) is 10.4. The van der Waals surface area contributed by atoms with Crippen molar-refractivity contribution in [2.45, 2.75) is 19.4 Å². The number of imidazole rings is 1. The number of carboxylic acids is 1. The van der Waals surface area contributed by atoms with Gasteiger partial charge in [-0.3, -0.25) is 4.79 Å². The summed E-state index contributed by atoms with van der Waals surface area (Å²) in [6.45, 7) is 1.91. The van der Waals surface area contributed by atoms with Crippen molar-refractivity contribution in [1.82, 2.24) is 9.55 Å². The number of carbonyl (C=O) groups is 1. The molecule has 0 radical (unpaired) electrons. The number of carboxylic acid groups (broad SMARTS) is 1. The molecule has 5 nitrogen and oxygen atoms in total. The third-order valence-corrected chi connectivity index (χ3v) is 3.51. The molecule has 3 N–H and O–H groups in total. The summed E-state index contributed by atoms with van der Waals surface area (Å²) >= 11 is 3.49. The number of hydrogen-bond donors (Lipinski definition) is 2. The van der Waals surface area contributed by atoms with Crippen LogP contribution in [-0.2, 0) is 4.79 Å². The first-order valence-electron chi connectivity index (χ1n) is 5.76. The Balaban J connectivity index is 2.32. The topological polar surface area (TPSA) is 81.1 Å². The van der Waals surface area contributed by atoms with Gasteiger partial charge in [-0.05, 0) is 40.5 Å². The summed E-state index contributed by atoms with van der Waals surface area (Å²) in [5.41, 5.74) is 7.58. The Kier molecular flexibility index (Phi) is 4.01. The van der Waals surface area contributed by atoms with Gasteiger partial charge in [-0.15, -0.1) is 0 Å². The lowest BCUT2D eigenvalue weighted by atomic mass is 10.0. The quantitative estimate of drug-likeness (QED) is 0.905. The average Bonchev–Trinajstić information content (AvgIpc) is 2.74. The summed E-state index contributed by atoms with van der Waals surface area (Å²) < 4.78 is 2.79. The highest BCUT2D eigenvalue weighted by Crippen LogP contribution is 2.26. The van der Waals surface area contributed by atoms with E-state index < -0.39 is 12.0 Å². The monoisotopic (exact) mass is 323 g/mol. The van der Waals surface area contributed by atoms with E-state index in [0.717, 1.165) is 21.5 Å². The lowest BCUT2D eigenvalue weighted by Crippen LogP contribution is -2.15. The van der Waals surface area contributed by atoms with Crippen molar-refractivity contribution in [3.05, 3.63) is 46.5 Å². The Hall–Kier alpha value is -1.66. The van der Waals surface area contributed by atoms with Crippen molar-refractivity contribution in [2.24, 2.45) is 5.73 Å². The molecule has 0 aliphatic rings. The van der Waals surface area contributed by atoms with E-state index in [2.05, 4.69) is 20.9 Å². The van der Waals surface area contributed by atoms with Crippen LogP contribution in [0.2, 0.25) is 0 Å². The molecule has 1 aromatic carbocycles. The number of aromatic nitrogens is 2. The number of nitrogens with two attached hydrogens (primary N) is 1. The number of aliphatic carboxylic acids is 1. The molecule has 0 aliphatic heterocycles. The van der Waals surface area contributed by atoms with E-state index in [9.17, 15) is 4.79 Å².